The normalized spacial score (nSPS) is 10.4. The van der Waals surface area contributed by atoms with E-state index in [1.807, 2.05) is 36.4 Å². The number of aryl methyl sites for hydroxylation is 1. The Morgan fingerprint density at radius 3 is 2.67 bits per heavy atom. The topological polar surface area (TPSA) is 49.3 Å². The van der Waals surface area contributed by atoms with Crippen molar-refractivity contribution in [2.24, 2.45) is 0 Å². The van der Waals surface area contributed by atoms with E-state index in [0.717, 1.165) is 33.0 Å². The van der Waals surface area contributed by atoms with Crippen LogP contribution in [0.1, 0.15) is 22.3 Å². The second kappa shape index (κ2) is 7.73. The zero-order valence-corrected chi connectivity index (χ0v) is 14.4. The van der Waals surface area contributed by atoms with Gasteiger partial charge < -0.3 is 10.4 Å². The number of halogens is 2. The van der Waals surface area contributed by atoms with Crippen LogP contribution in [-0.4, -0.2) is 17.6 Å². The number of nitrogens with one attached hydrogen (secondary N) is 1. The monoisotopic (exact) mass is 411 g/mol. The highest BCUT2D eigenvalue weighted by Crippen LogP contribution is 2.23. The SMILES string of the molecule is O=C(Nc1cccc(CCCO)c1)c1ccc(Br)cc1Br. The molecule has 0 atom stereocenters. The van der Waals surface area contributed by atoms with E-state index in [-0.39, 0.29) is 12.5 Å². The third-order valence-corrected chi connectivity index (χ3v) is 4.13. The van der Waals surface area contributed by atoms with Crippen molar-refractivity contribution in [3.8, 4) is 0 Å². The van der Waals surface area contributed by atoms with Crippen LogP contribution in [0.25, 0.3) is 0 Å². The molecule has 2 rings (SSSR count). The second-order valence-electron chi connectivity index (χ2n) is 4.61. The Morgan fingerprint density at radius 1 is 1.14 bits per heavy atom. The van der Waals surface area contributed by atoms with Crippen LogP contribution in [0.15, 0.2) is 51.4 Å². The van der Waals surface area contributed by atoms with Crippen LogP contribution < -0.4 is 5.32 Å². The van der Waals surface area contributed by atoms with Gasteiger partial charge in [-0.1, -0.05) is 28.1 Å². The summed E-state index contributed by atoms with van der Waals surface area (Å²) in [5.74, 6) is -0.159. The van der Waals surface area contributed by atoms with Gasteiger partial charge in [0.2, 0.25) is 0 Å². The quantitative estimate of drug-likeness (QED) is 0.765. The summed E-state index contributed by atoms with van der Waals surface area (Å²) >= 11 is 6.75. The minimum absolute atomic E-state index is 0.159. The Bertz CT molecular complexity index is 644. The van der Waals surface area contributed by atoms with Crippen molar-refractivity contribution < 1.29 is 9.90 Å². The summed E-state index contributed by atoms with van der Waals surface area (Å²) in [6.45, 7) is 0.169. The first-order chi connectivity index (χ1) is 10.1. The van der Waals surface area contributed by atoms with E-state index in [0.29, 0.717) is 5.56 Å². The molecule has 0 unspecified atom stereocenters. The van der Waals surface area contributed by atoms with E-state index in [2.05, 4.69) is 37.2 Å². The van der Waals surface area contributed by atoms with Crippen LogP contribution in [0.3, 0.4) is 0 Å². The van der Waals surface area contributed by atoms with Crippen LogP contribution >= 0.6 is 31.9 Å². The standard InChI is InChI=1S/C16H15Br2NO2/c17-12-6-7-14(15(18)10-12)16(21)19-13-5-1-3-11(9-13)4-2-8-20/h1,3,5-7,9-10,20H,2,4,8H2,(H,19,21). The second-order valence-corrected chi connectivity index (χ2v) is 6.38. The number of aliphatic hydroxyl groups excluding tert-OH is 1. The minimum atomic E-state index is -0.159. The summed E-state index contributed by atoms with van der Waals surface area (Å²) in [6.07, 6.45) is 1.51. The van der Waals surface area contributed by atoms with Crippen molar-refractivity contribution in [2.75, 3.05) is 11.9 Å². The van der Waals surface area contributed by atoms with Crippen LogP contribution in [0.4, 0.5) is 5.69 Å². The molecule has 0 fully saturated rings. The van der Waals surface area contributed by atoms with Gasteiger partial charge in [0.25, 0.3) is 5.91 Å². The molecule has 0 saturated heterocycles. The highest BCUT2D eigenvalue weighted by Gasteiger charge is 2.10. The fourth-order valence-electron chi connectivity index (χ4n) is 1.96. The molecule has 0 bridgehead atoms. The molecule has 0 aliphatic heterocycles. The van der Waals surface area contributed by atoms with E-state index in [9.17, 15) is 4.79 Å². The van der Waals surface area contributed by atoms with Gasteiger partial charge in [-0.2, -0.15) is 0 Å². The molecule has 2 N–H and O–H groups in total. The Balaban J connectivity index is 2.12. The molecule has 0 aliphatic carbocycles. The Labute approximate surface area is 140 Å². The van der Waals surface area contributed by atoms with Gasteiger partial charge in [0.15, 0.2) is 0 Å². The maximum absolute atomic E-state index is 12.3. The van der Waals surface area contributed by atoms with Crippen LogP contribution in [-0.2, 0) is 6.42 Å². The maximum atomic E-state index is 12.3. The van der Waals surface area contributed by atoms with Crippen LogP contribution in [0.2, 0.25) is 0 Å². The average Bonchev–Trinajstić information content (AvgIpc) is 2.45. The molecule has 0 aliphatic rings. The molecule has 0 aromatic heterocycles. The molecule has 2 aromatic carbocycles. The van der Waals surface area contributed by atoms with E-state index in [1.165, 1.54) is 0 Å². The lowest BCUT2D eigenvalue weighted by Crippen LogP contribution is -2.12. The van der Waals surface area contributed by atoms with Gasteiger partial charge >= 0.3 is 0 Å². The smallest absolute Gasteiger partial charge is 0.256 e. The lowest BCUT2D eigenvalue weighted by molar-refractivity contribution is 0.102. The summed E-state index contributed by atoms with van der Waals surface area (Å²) in [5, 5.41) is 11.8. The number of benzene rings is 2. The first-order valence-electron chi connectivity index (χ1n) is 6.56. The molecule has 21 heavy (non-hydrogen) atoms. The number of rotatable bonds is 5. The number of hydrogen-bond acceptors (Lipinski definition) is 2. The van der Waals surface area contributed by atoms with Crippen molar-refractivity contribution in [1.82, 2.24) is 0 Å². The van der Waals surface area contributed by atoms with Gasteiger partial charge in [0, 0.05) is 21.2 Å². The molecular formula is C16H15Br2NO2. The molecule has 1 amide bonds. The number of carbonyl (C=O) groups excluding carboxylic acids is 1. The predicted octanol–water partition coefficient (Wildman–Crippen LogP) is 4.39. The number of hydrogen-bond donors (Lipinski definition) is 2. The first kappa shape index (κ1) is 16.2. The molecular weight excluding hydrogens is 398 g/mol. The maximum Gasteiger partial charge on any atom is 0.256 e. The van der Waals surface area contributed by atoms with Crippen molar-refractivity contribution in [3.05, 3.63) is 62.5 Å². The first-order valence-corrected chi connectivity index (χ1v) is 8.15. The Hall–Kier alpha value is -1.17. The van der Waals surface area contributed by atoms with Crippen LogP contribution in [0.5, 0.6) is 0 Å². The van der Waals surface area contributed by atoms with Gasteiger partial charge in [-0.05, 0) is 64.7 Å². The minimum Gasteiger partial charge on any atom is -0.396 e. The molecule has 0 saturated carbocycles. The third-order valence-electron chi connectivity index (χ3n) is 2.98. The van der Waals surface area contributed by atoms with E-state index >= 15 is 0 Å². The van der Waals surface area contributed by atoms with Gasteiger partial charge in [-0.15, -0.1) is 0 Å². The predicted molar refractivity (Wildman–Crippen MR) is 91.6 cm³/mol. The average molecular weight is 413 g/mol. The van der Waals surface area contributed by atoms with Crippen molar-refractivity contribution in [1.29, 1.82) is 0 Å². The molecule has 5 heteroatoms. The lowest BCUT2D eigenvalue weighted by Gasteiger charge is -2.09. The zero-order valence-electron chi connectivity index (χ0n) is 11.3. The summed E-state index contributed by atoms with van der Waals surface area (Å²) in [4.78, 5) is 12.3. The summed E-state index contributed by atoms with van der Waals surface area (Å²) in [7, 11) is 0. The molecule has 110 valence electrons. The zero-order chi connectivity index (χ0) is 15.2. The molecule has 0 heterocycles. The lowest BCUT2D eigenvalue weighted by atomic mass is 10.1. The Kier molecular flexibility index (Phi) is 5.96. The Morgan fingerprint density at radius 2 is 1.95 bits per heavy atom. The van der Waals surface area contributed by atoms with E-state index in [4.69, 9.17) is 5.11 Å². The van der Waals surface area contributed by atoms with Gasteiger partial charge in [-0.3, -0.25) is 4.79 Å². The molecule has 3 nitrogen and oxygen atoms in total. The van der Waals surface area contributed by atoms with Crippen molar-refractivity contribution in [3.63, 3.8) is 0 Å². The third kappa shape index (κ3) is 4.66. The van der Waals surface area contributed by atoms with E-state index < -0.39 is 0 Å². The van der Waals surface area contributed by atoms with Crippen LogP contribution in [0, 0.1) is 0 Å². The van der Waals surface area contributed by atoms with Crippen molar-refractivity contribution >= 4 is 43.5 Å². The van der Waals surface area contributed by atoms with Gasteiger partial charge in [-0.25, -0.2) is 0 Å². The number of anilines is 1. The number of amides is 1. The molecule has 0 spiro atoms. The number of aliphatic hydroxyl groups is 1. The molecule has 2 aromatic rings. The van der Waals surface area contributed by atoms with E-state index in [1.54, 1.807) is 6.07 Å². The van der Waals surface area contributed by atoms with Crippen molar-refractivity contribution in [2.45, 2.75) is 12.8 Å². The fraction of sp³-hybridized carbons (Fsp3) is 0.188. The summed E-state index contributed by atoms with van der Waals surface area (Å²) in [5.41, 5.74) is 2.43. The molecule has 0 radical (unpaired) electrons. The highest BCUT2D eigenvalue weighted by molar-refractivity contribution is 9.11. The largest absolute Gasteiger partial charge is 0.396 e. The van der Waals surface area contributed by atoms with Gasteiger partial charge in [0.1, 0.15) is 0 Å². The van der Waals surface area contributed by atoms with Gasteiger partial charge in [0.05, 0.1) is 5.56 Å². The summed E-state index contributed by atoms with van der Waals surface area (Å²) < 4.78 is 1.66. The highest BCUT2D eigenvalue weighted by atomic mass is 79.9. The number of carbonyl (C=O) groups is 1. The summed E-state index contributed by atoms with van der Waals surface area (Å²) in [6, 6.07) is 13.1. The fourth-order valence-corrected chi connectivity index (χ4v) is 3.19.